The van der Waals surface area contributed by atoms with Crippen LogP contribution >= 0.6 is 0 Å². The number of benzene rings is 1. The van der Waals surface area contributed by atoms with E-state index in [0.717, 1.165) is 31.1 Å². The molecule has 1 saturated carbocycles. The number of H-pyrrole nitrogens is 1. The van der Waals surface area contributed by atoms with Crippen LogP contribution in [0.5, 0.6) is 0 Å². The predicted molar refractivity (Wildman–Crippen MR) is 292 cm³/mol. The SMILES string of the molecule is C=C.C=C(C(C)F)C(C)/C=C1/CC1C.C=C(CCCCCCCCCCCCCCCCc1ccc2[nH]cc(CCC)c2c1)OCCC.C=CC.CC.CC.CC.CCCCCC. The molecule has 3 unspecified atom stereocenters. The van der Waals surface area contributed by atoms with Gasteiger partial charge in [0.05, 0.1) is 12.4 Å². The number of aromatic nitrogens is 1. The second kappa shape index (κ2) is 55.3. The number of hydrogen-bond donors (Lipinski definition) is 1. The highest BCUT2D eigenvalue weighted by atomic mass is 19.1. The van der Waals surface area contributed by atoms with E-state index in [-0.39, 0.29) is 5.92 Å². The first-order valence-electron chi connectivity index (χ1n) is 26.6. The number of alkyl halides is 1. The van der Waals surface area contributed by atoms with Crippen molar-refractivity contribution >= 4 is 10.9 Å². The molecule has 3 atom stereocenters. The quantitative estimate of drug-likeness (QED) is 0.0514. The minimum Gasteiger partial charge on any atom is -0.499 e. The van der Waals surface area contributed by atoms with Crippen molar-refractivity contribution < 1.29 is 9.13 Å². The van der Waals surface area contributed by atoms with Crippen LogP contribution in [0, 0.1) is 11.8 Å². The average Bonchev–Trinajstić information content (AvgIpc) is 3.86. The molecule has 0 amide bonds. The zero-order valence-corrected chi connectivity index (χ0v) is 45.2. The van der Waals surface area contributed by atoms with Gasteiger partial charge in [-0.05, 0) is 93.0 Å². The highest BCUT2D eigenvalue weighted by Crippen LogP contribution is 2.38. The number of nitrogens with one attached hydrogen (secondary N) is 1. The van der Waals surface area contributed by atoms with Crippen molar-refractivity contribution in [3.8, 4) is 0 Å². The van der Waals surface area contributed by atoms with Gasteiger partial charge >= 0.3 is 0 Å². The Hall–Kier alpha value is -2.81. The van der Waals surface area contributed by atoms with Crippen molar-refractivity contribution in [2.75, 3.05) is 6.61 Å². The van der Waals surface area contributed by atoms with Gasteiger partial charge in [0.15, 0.2) is 0 Å². The minimum atomic E-state index is -0.883. The fourth-order valence-electron chi connectivity index (χ4n) is 6.77. The molecular weight excluding hydrogens is 770 g/mol. The molecule has 0 spiro atoms. The Morgan fingerprint density at radius 2 is 1.16 bits per heavy atom. The molecule has 1 fully saturated rings. The summed E-state index contributed by atoms with van der Waals surface area (Å²) in [5, 5.41) is 1.44. The van der Waals surface area contributed by atoms with Gasteiger partial charge in [0.1, 0.15) is 6.17 Å². The number of unbranched alkanes of at least 4 members (excludes halogenated alkanes) is 16. The zero-order valence-electron chi connectivity index (χ0n) is 45.2. The van der Waals surface area contributed by atoms with Gasteiger partial charge in [0.2, 0.25) is 0 Å². The maximum absolute atomic E-state index is 12.8. The standard InChI is InChI=1S/C32H53NO.C11H17F.C6H14.C3H6.3C2H6.C2H4/c1-4-20-30-27-33-32-24-23-29(26-31(30)32)22-19-17-15-13-11-9-7-6-8-10-12-14-16-18-21-28(3)34-25-5-2;1-7(9(3)10(4)12)5-11-6-8(11)2;1-3-5-6-4-2;1-3-2;4*1-2/h23-24,26-27,33H,3-22,25H2,1-2H3;5,7-8,10H,3,6H2,1-2,4H3;3-6H2,1-2H3;3H,1H2,2H3;3*1-2H3;1-2H2/b;11-5-;;;;;;. The van der Waals surface area contributed by atoms with Crippen LogP contribution in [-0.2, 0) is 17.6 Å². The normalized spacial score (nSPS) is 13.3. The largest absolute Gasteiger partial charge is 0.499 e. The van der Waals surface area contributed by atoms with Crippen LogP contribution in [-0.4, -0.2) is 17.8 Å². The number of aryl methyl sites for hydroxylation is 2. The van der Waals surface area contributed by atoms with Crippen LogP contribution in [0.15, 0.2) is 86.3 Å². The summed E-state index contributed by atoms with van der Waals surface area (Å²) in [4.78, 5) is 3.42. The van der Waals surface area contributed by atoms with Gasteiger partial charge in [-0.25, -0.2) is 4.39 Å². The lowest BCUT2D eigenvalue weighted by Crippen LogP contribution is -2.04. The van der Waals surface area contributed by atoms with Gasteiger partial charge in [0.25, 0.3) is 0 Å². The first kappa shape index (κ1) is 69.2. The Labute approximate surface area is 396 Å². The molecule has 2 aromatic rings. The van der Waals surface area contributed by atoms with E-state index in [4.69, 9.17) is 4.74 Å². The summed E-state index contributed by atoms with van der Waals surface area (Å²) in [5.74, 6) is 1.91. The van der Waals surface area contributed by atoms with E-state index in [2.05, 4.69) is 103 Å². The van der Waals surface area contributed by atoms with E-state index in [1.54, 1.807) is 13.0 Å². The Bertz CT molecular complexity index is 1260. The first-order valence-corrected chi connectivity index (χ1v) is 26.6. The predicted octanol–water partition coefficient (Wildman–Crippen LogP) is 21.6. The summed E-state index contributed by atoms with van der Waals surface area (Å²) in [5.41, 5.74) is 6.44. The van der Waals surface area contributed by atoms with Gasteiger partial charge in [-0.15, -0.1) is 19.7 Å². The summed E-state index contributed by atoms with van der Waals surface area (Å²) in [6.07, 6.45) is 37.2. The number of hydrogen-bond acceptors (Lipinski definition) is 1. The third-order valence-electron chi connectivity index (χ3n) is 10.6. The molecule has 1 aliphatic carbocycles. The zero-order chi connectivity index (χ0) is 49.1. The molecule has 1 aromatic heterocycles. The van der Waals surface area contributed by atoms with E-state index >= 15 is 0 Å². The van der Waals surface area contributed by atoms with Crippen LogP contribution in [0.25, 0.3) is 10.9 Å². The van der Waals surface area contributed by atoms with Crippen LogP contribution < -0.4 is 0 Å². The summed E-state index contributed by atoms with van der Waals surface area (Å²) in [6.45, 7) is 46.4. The van der Waals surface area contributed by atoms with Crippen LogP contribution in [0.4, 0.5) is 4.39 Å². The Balaban J connectivity index is -0.000000315. The molecule has 0 aliphatic heterocycles. The van der Waals surface area contributed by atoms with Crippen molar-refractivity contribution in [2.45, 2.75) is 257 Å². The second-order valence-corrected chi connectivity index (χ2v) is 16.2. The molecule has 63 heavy (non-hydrogen) atoms. The topological polar surface area (TPSA) is 25.0 Å². The monoisotopic (exact) mass is 882 g/mol. The summed E-state index contributed by atoms with van der Waals surface area (Å²) in [7, 11) is 0. The molecule has 1 aliphatic rings. The van der Waals surface area contributed by atoms with Gasteiger partial charge in [-0.3, -0.25) is 0 Å². The number of rotatable bonds is 28. The highest BCUT2D eigenvalue weighted by molar-refractivity contribution is 5.83. The van der Waals surface area contributed by atoms with E-state index in [9.17, 15) is 4.39 Å². The number of aromatic amines is 1. The van der Waals surface area contributed by atoms with Gasteiger partial charge in [0, 0.05) is 23.5 Å². The van der Waals surface area contributed by atoms with Crippen LogP contribution in [0.3, 0.4) is 0 Å². The maximum Gasteiger partial charge on any atom is 0.119 e. The third-order valence-corrected chi connectivity index (χ3v) is 10.6. The summed E-state index contributed by atoms with van der Waals surface area (Å²) < 4.78 is 18.3. The molecule has 1 aromatic carbocycles. The van der Waals surface area contributed by atoms with Crippen molar-refractivity contribution in [1.82, 2.24) is 4.98 Å². The molecule has 2 nitrogen and oxygen atoms in total. The fraction of sp³-hybridized carbons (Fsp3) is 0.700. The van der Waals surface area contributed by atoms with E-state index in [1.807, 2.05) is 55.4 Å². The van der Waals surface area contributed by atoms with Crippen molar-refractivity contribution in [3.05, 3.63) is 97.5 Å². The first-order chi connectivity index (χ1) is 30.6. The molecule has 370 valence electrons. The molecule has 0 bridgehead atoms. The third kappa shape index (κ3) is 44.2. The van der Waals surface area contributed by atoms with Crippen molar-refractivity contribution in [3.63, 3.8) is 0 Å². The van der Waals surface area contributed by atoms with Gasteiger partial charge in [-0.1, -0.05) is 229 Å². The van der Waals surface area contributed by atoms with E-state index in [1.165, 1.54) is 169 Å². The lowest BCUT2D eigenvalue weighted by Gasteiger charge is -2.10. The van der Waals surface area contributed by atoms with Crippen LogP contribution in [0.2, 0.25) is 0 Å². The molecule has 3 rings (SSSR count). The van der Waals surface area contributed by atoms with Crippen molar-refractivity contribution in [2.24, 2.45) is 11.8 Å². The lowest BCUT2D eigenvalue weighted by atomic mass is 9.98. The number of halogens is 1. The Kier molecular flexibility index (Phi) is 60.8. The molecule has 1 N–H and O–H groups in total. The Morgan fingerprint density at radius 3 is 1.56 bits per heavy atom. The molecule has 1 heterocycles. The number of allylic oxidation sites excluding steroid dienone is 5. The average molecular weight is 883 g/mol. The fourth-order valence-corrected chi connectivity index (χ4v) is 6.77. The van der Waals surface area contributed by atoms with Crippen LogP contribution in [0.1, 0.15) is 249 Å². The maximum atomic E-state index is 12.8. The van der Waals surface area contributed by atoms with Gasteiger partial charge in [-0.2, -0.15) is 0 Å². The molecule has 3 heteroatoms. The van der Waals surface area contributed by atoms with E-state index < -0.39 is 6.17 Å². The number of fused-ring (bicyclic) bond motifs is 1. The van der Waals surface area contributed by atoms with E-state index in [0.29, 0.717) is 5.57 Å². The second-order valence-electron chi connectivity index (χ2n) is 16.2. The smallest absolute Gasteiger partial charge is 0.119 e. The Morgan fingerprint density at radius 1 is 0.714 bits per heavy atom. The minimum absolute atomic E-state index is 0.199. The molecule has 0 saturated heterocycles. The lowest BCUT2D eigenvalue weighted by molar-refractivity contribution is 0.202. The highest BCUT2D eigenvalue weighted by Gasteiger charge is 2.25. The molecule has 0 radical (unpaired) electrons. The number of ether oxygens (including phenoxy) is 1. The molecular formula is C60H112FNO. The van der Waals surface area contributed by atoms with Crippen molar-refractivity contribution in [1.29, 1.82) is 0 Å². The van der Waals surface area contributed by atoms with Gasteiger partial charge < -0.3 is 9.72 Å². The summed E-state index contributed by atoms with van der Waals surface area (Å²) >= 11 is 0. The summed E-state index contributed by atoms with van der Waals surface area (Å²) in [6, 6.07) is 7.01.